The molecule has 1 atom stereocenters. The van der Waals surface area contributed by atoms with Gasteiger partial charge in [0.2, 0.25) is 0 Å². The molecule has 0 aromatic heterocycles. The summed E-state index contributed by atoms with van der Waals surface area (Å²) < 4.78 is 5.23. The third-order valence-corrected chi connectivity index (χ3v) is 2.31. The minimum atomic E-state index is 0.140. The summed E-state index contributed by atoms with van der Waals surface area (Å²) in [6.07, 6.45) is 1.04. The highest BCUT2D eigenvalue weighted by Gasteiger charge is 2.06. The smallest absolute Gasteiger partial charge is 0.0733 e. The zero-order chi connectivity index (χ0) is 9.68. The van der Waals surface area contributed by atoms with E-state index in [2.05, 4.69) is 19.1 Å². The summed E-state index contributed by atoms with van der Waals surface area (Å²) >= 11 is 0. The summed E-state index contributed by atoms with van der Waals surface area (Å²) in [6, 6.07) is 8.32. The SMILES string of the molecule is COC(CN)Cc1ccccc1C. The Labute approximate surface area is 79.7 Å². The van der Waals surface area contributed by atoms with Crippen LogP contribution in [-0.2, 0) is 11.2 Å². The van der Waals surface area contributed by atoms with E-state index in [4.69, 9.17) is 10.5 Å². The maximum absolute atomic E-state index is 5.56. The molecule has 0 saturated carbocycles. The highest BCUT2D eigenvalue weighted by Crippen LogP contribution is 2.10. The monoisotopic (exact) mass is 179 g/mol. The molecule has 72 valence electrons. The minimum absolute atomic E-state index is 0.140. The summed E-state index contributed by atoms with van der Waals surface area (Å²) in [5, 5.41) is 0. The number of benzene rings is 1. The van der Waals surface area contributed by atoms with Crippen molar-refractivity contribution in [3.05, 3.63) is 35.4 Å². The Morgan fingerprint density at radius 3 is 2.62 bits per heavy atom. The number of hydrogen-bond acceptors (Lipinski definition) is 2. The maximum atomic E-state index is 5.56. The van der Waals surface area contributed by atoms with Crippen LogP contribution in [0.3, 0.4) is 0 Å². The van der Waals surface area contributed by atoms with Crippen molar-refractivity contribution in [2.75, 3.05) is 13.7 Å². The van der Waals surface area contributed by atoms with Crippen LogP contribution in [0.25, 0.3) is 0 Å². The predicted octanol–water partition coefficient (Wildman–Crippen LogP) is 1.51. The minimum Gasteiger partial charge on any atom is -0.380 e. The van der Waals surface area contributed by atoms with Crippen LogP contribution >= 0.6 is 0 Å². The van der Waals surface area contributed by atoms with E-state index in [1.54, 1.807) is 7.11 Å². The molecule has 2 nitrogen and oxygen atoms in total. The van der Waals surface area contributed by atoms with E-state index in [0.717, 1.165) is 6.42 Å². The zero-order valence-corrected chi connectivity index (χ0v) is 8.29. The molecule has 0 amide bonds. The fourth-order valence-corrected chi connectivity index (χ4v) is 1.35. The highest BCUT2D eigenvalue weighted by atomic mass is 16.5. The van der Waals surface area contributed by atoms with Crippen molar-refractivity contribution >= 4 is 0 Å². The Morgan fingerprint density at radius 2 is 2.08 bits per heavy atom. The van der Waals surface area contributed by atoms with Gasteiger partial charge in [0.25, 0.3) is 0 Å². The lowest BCUT2D eigenvalue weighted by atomic mass is 10.0. The van der Waals surface area contributed by atoms with E-state index in [9.17, 15) is 0 Å². The Balaban J connectivity index is 2.67. The molecule has 1 unspecified atom stereocenters. The van der Waals surface area contributed by atoms with Gasteiger partial charge in [0.15, 0.2) is 0 Å². The maximum Gasteiger partial charge on any atom is 0.0733 e. The van der Waals surface area contributed by atoms with Gasteiger partial charge in [-0.25, -0.2) is 0 Å². The molecule has 0 aliphatic heterocycles. The van der Waals surface area contributed by atoms with Crippen molar-refractivity contribution < 1.29 is 4.74 Å². The van der Waals surface area contributed by atoms with Crippen molar-refractivity contribution in [1.29, 1.82) is 0 Å². The standard InChI is InChI=1S/C11H17NO/c1-9-5-3-4-6-10(9)7-11(8-12)13-2/h3-6,11H,7-8,12H2,1-2H3. The number of ether oxygens (including phenoxy) is 1. The zero-order valence-electron chi connectivity index (χ0n) is 8.29. The molecule has 1 rings (SSSR count). The average molecular weight is 179 g/mol. The molecule has 0 fully saturated rings. The Hall–Kier alpha value is -0.860. The lowest BCUT2D eigenvalue weighted by molar-refractivity contribution is 0.110. The third kappa shape index (κ3) is 2.83. The average Bonchev–Trinajstić information content (AvgIpc) is 2.17. The number of nitrogens with two attached hydrogens (primary N) is 1. The summed E-state index contributed by atoms with van der Waals surface area (Å²) in [7, 11) is 1.70. The van der Waals surface area contributed by atoms with Gasteiger partial charge < -0.3 is 10.5 Å². The van der Waals surface area contributed by atoms with E-state index in [1.807, 2.05) is 12.1 Å². The van der Waals surface area contributed by atoms with Gasteiger partial charge in [0.05, 0.1) is 6.10 Å². The number of rotatable bonds is 4. The van der Waals surface area contributed by atoms with Crippen molar-refractivity contribution in [3.8, 4) is 0 Å². The van der Waals surface area contributed by atoms with Crippen molar-refractivity contribution in [2.24, 2.45) is 5.73 Å². The van der Waals surface area contributed by atoms with Crippen LogP contribution in [0.15, 0.2) is 24.3 Å². The number of aryl methyl sites for hydroxylation is 1. The van der Waals surface area contributed by atoms with Crippen molar-refractivity contribution in [2.45, 2.75) is 19.4 Å². The van der Waals surface area contributed by atoms with E-state index in [1.165, 1.54) is 11.1 Å². The molecule has 0 aliphatic carbocycles. The Kier molecular flexibility index (Phi) is 3.93. The van der Waals surface area contributed by atoms with Gasteiger partial charge in [-0.2, -0.15) is 0 Å². The summed E-state index contributed by atoms with van der Waals surface area (Å²) in [6.45, 7) is 2.68. The van der Waals surface area contributed by atoms with Crippen LogP contribution in [-0.4, -0.2) is 19.8 Å². The third-order valence-electron chi connectivity index (χ3n) is 2.31. The van der Waals surface area contributed by atoms with Gasteiger partial charge in [-0.1, -0.05) is 24.3 Å². The van der Waals surface area contributed by atoms with E-state index < -0.39 is 0 Å². The molecule has 0 saturated heterocycles. The molecule has 1 aromatic carbocycles. The van der Waals surface area contributed by atoms with Crippen LogP contribution in [0.1, 0.15) is 11.1 Å². The summed E-state index contributed by atoms with van der Waals surface area (Å²) in [4.78, 5) is 0. The first kappa shape index (κ1) is 10.2. The van der Waals surface area contributed by atoms with Gasteiger partial charge >= 0.3 is 0 Å². The Bertz CT molecular complexity index is 256. The topological polar surface area (TPSA) is 35.2 Å². The van der Waals surface area contributed by atoms with Crippen molar-refractivity contribution in [3.63, 3.8) is 0 Å². The lowest BCUT2D eigenvalue weighted by Gasteiger charge is -2.14. The largest absolute Gasteiger partial charge is 0.380 e. The molecule has 0 radical (unpaired) electrons. The number of hydrogen-bond donors (Lipinski definition) is 1. The molecule has 1 aromatic rings. The van der Waals surface area contributed by atoms with E-state index in [0.29, 0.717) is 6.54 Å². The van der Waals surface area contributed by atoms with Gasteiger partial charge in [-0.3, -0.25) is 0 Å². The molecule has 0 aliphatic rings. The van der Waals surface area contributed by atoms with Gasteiger partial charge in [-0.05, 0) is 18.1 Å². The van der Waals surface area contributed by atoms with E-state index >= 15 is 0 Å². The van der Waals surface area contributed by atoms with E-state index in [-0.39, 0.29) is 6.10 Å². The molecule has 0 spiro atoms. The summed E-state index contributed by atoms with van der Waals surface area (Å²) in [5.74, 6) is 0. The first-order valence-corrected chi connectivity index (χ1v) is 4.55. The van der Waals surface area contributed by atoms with Crippen LogP contribution in [0.4, 0.5) is 0 Å². The normalized spacial score (nSPS) is 12.8. The fourth-order valence-electron chi connectivity index (χ4n) is 1.35. The van der Waals surface area contributed by atoms with Crippen LogP contribution < -0.4 is 5.73 Å². The fraction of sp³-hybridized carbons (Fsp3) is 0.455. The molecule has 2 N–H and O–H groups in total. The van der Waals surface area contributed by atoms with Crippen LogP contribution in [0, 0.1) is 6.92 Å². The quantitative estimate of drug-likeness (QED) is 0.760. The second kappa shape index (κ2) is 5.00. The Morgan fingerprint density at radius 1 is 1.38 bits per heavy atom. The second-order valence-corrected chi connectivity index (χ2v) is 3.22. The van der Waals surface area contributed by atoms with Gasteiger partial charge in [-0.15, -0.1) is 0 Å². The molecule has 0 heterocycles. The molecule has 0 bridgehead atoms. The molecule has 2 heteroatoms. The number of methoxy groups -OCH3 is 1. The predicted molar refractivity (Wildman–Crippen MR) is 54.7 cm³/mol. The second-order valence-electron chi connectivity index (χ2n) is 3.22. The first-order chi connectivity index (χ1) is 6.27. The van der Waals surface area contributed by atoms with Gasteiger partial charge in [0, 0.05) is 20.1 Å². The molecule has 13 heavy (non-hydrogen) atoms. The van der Waals surface area contributed by atoms with Crippen LogP contribution in [0.2, 0.25) is 0 Å². The first-order valence-electron chi connectivity index (χ1n) is 4.55. The van der Waals surface area contributed by atoms with Crippen LogP contribution in [0.5, 0.6) is 0 Å². The molecular weight excluding hydrogens is 162 g/mol. The lowest BCUT2D eigenvalue weighted by Crippen LogP contribution is -2.24. The highest BCUT2D eigenvalue weighted by molar-refractivity contribution is 5.26. The summed E-state index contributed by atoms with van der Waals surface area (Å²) in [5.41, 5.74) is 8.18. The molecular formula is C11H17NO. The van der Waals surface area contributed by atoms with Crippen molar-refractivity contribution in [1.82, 2.24) is 0 Å². The van der Waals surface area contributed by atoms with Gasteiger partial charge in [0.1, 0.15) is 0 Å².